The fraction of sp³-hybridized carbons (Fsp3) is 0.412. The molecule has 0 radical (unpaired) electrons. The van der Waals surface area contributed by atoms with Crippen LogP contribution in [0.3, 0.4) is 0 Å². The third kappa shape index (κ3) is 2.67. The number of piperidine rings is 1. The third-order valence-electron chi connectivity index (χ3n) is 4.65. The van der Waals surface area contributed by atoms with Gasteiger partial charge in [0.2, 0.25) is 0 Å². The number of hydrogen-bond acceptors (Lipinski definition) is 3. The second kappa shape index (κ2) is 5.85. The van der Waals surface area contributed by atoms with E-state index in [9.17, 15) is 9.59 Å². The van der Waals surface area contributed by atoms with E-state index in [0.717, 1.165) is 40.9 Å². The number of fused-ring (bicyclic) bond motifs is 1. The van der Waals surface area contributed by atoms with E-state index in [4.69, 9.17) is 0 Å². The number of rotatable bonds is 2. The van der Waals surface area contributed by atoms with E-state index in [1.165, 1.54) is 0 Å². The number of thiophene rings is 1. The summed E-state index contributed by atoms with van der Waals surface area (Å²) in [5, 5.41) is 3.96. The number of hydrogen-bond donors (Lipinski definition) is 1. The van der Waals surface area contributed by atoms with Gasteiger partial charge in [0.1, 0.15) is 0 Å². The van der Waals surface area contributed by atoms with Crippen molar-refractivity contribution in [3.05, 3.63) is 35.2 Å². The highest BCUT2D eigenvalue weighted by molar-refractivity contribution is 7.20. The maximum atomic E-state index is 12.8. The first-order chi connectivity index (χ1) is 11.2. The Morgan fingerprint density at radius 1 is 1.26 bits per heavy atom. The SMILES string of the molecule is O=C(c1cc2ccccc2s1)N1CCC[C@@H](N2CCNC2=O)C1. The van der Waals surface area contributed by atoms with E-state index in [0.29, 0.717) is 13.1 Å². The molecule has 1 aromatic heterocycles. The van der Waals surface area contributed by atoms with Crippen molar-refractivity contribution in [2.24, 2.45) is 0 Å². The van der Waals surface area contributed by atoms with Gasteiger partial charge in [0, 0.05) is 30.9 Å². The maximum absolute atomic E-state index is 12.8. The van der Waals surface area contributed by atoms with E-state index < -0.39 is 0 Å². The van der Waals surface area contributed by atoms with Crippen LogP contribution in [0.15, 0.2) is 30.3 Å². The lowest BCUT2D eigenvalue weighted by atomic mass is 10.0. The van der Waals surface area contributed by atoms with Crippen LogP contribution in [0.25, 0.3) is 10.1 Å². The van der Waals surface area contributed by atoms with Crippen LogP contribution in [0.2, 0.25) is 0 Å². The summed E-state index contributed by atoms with van der Waals surface area (Å²) in [7, 11) is 0. The van der Waals surface area contributed by atoms with Crippen LogP contribution in [0.4, 0.5) is 4.79 Å². The number of likely N-dealkylation sites (tertiary alicyclic amines) is 1. The van der Waals surface area contributed by atoms with E-state index in [2.05, 4.69) is 5.32 Å². The first-order valence-corrected chi connectivity index (χ1v) is 8.86. The van der Waals surface area contributed by atoms with Crippen molar-refractivity contribution in [1.82, 2.24) is 15.1 Å². The topological polar surface area (TPSA) is 52.7 Å². The van der Waals surface area contributed by atoms with Gasteiger partial charge >= 0.3 is 6.03 Å². The molecule has 2 aliphatic heterocycles. The number of benzene rings is 1. The van der Waals surface area contributed by atoms with Crippen molar-refractivity contribution in [3.63, 3.8) is 0 Å². The van der Waals surface area contributed by atoms with Crippen LogP contribution < -0.4 is 5.32 Å². The average Bonchev–Trinajstić information content (AvgIpc) is 3.20. The van der Waals surface area contributed by atoms with Gasteiger partial charge in [0.05, 0.1) is 10.9 Å². The first kappa shape index (κ1) is 14.5. The summed E-state index contributed by atoms with van der Waals surface area (Å²) in [6, 6.07) is 10.2. The fourth-order valence-corrected chi connectivity index (χ4v) is 4.50. The number of nitrogens with zero attached hydrogens (tertiary/aromatic N) is 2. The molecule has 3 amide bonds. The summed E-state index contributed by atoms with van der Waals surface area (Å²) >= 11 is 1.55. The Balaban J connectivity index is 1.52. The molecular formula is C17H19N3O2S. The molecule has 3 heterocycles. The van der Waals surface area contributed by atoms with Gasteiger partial charge in [-0.25, -0.2) is 4.79 Å². The summed E-state index contributed by atoms with van der Waals surface area (Å²) in [5.74, 6) is 0.0931. The van der Waals surface area contributed by atoms with Crippen molar-refractivity contribution in [3.8, 4) is 0 Å². The molecule has 120 valence electrons. The summed E-state index contributed by atoms with van der Waals surface area (Å²) in [5.41, 5.74) is 0. The van der Waals surface area contributed by atoms with Gasteiger partial charge in [0.15, 0.2) is 0 Å². The molecule has 6 heteroatoms. The van der Waals surface area contributed by atoms with Gasteiger partial charge in [-0.1, -0.05) is 18.2 Å². The first-order valence-electron chi connectivity index (χ1n) is 8.05. The van der Waals surface area contributed by atoms with Crippen molar-refractivity contribution in [1.29, 1.82) is 0 Å². The summed E-state index contributed by atoms with van der Waals surface area (Å²) in [4.78, 5) is 29.3. The smallest absolute Gasteiger partial charge is 0.317 e. The molecule has 23 heavy (non-hydrogen) atoms. The molecule has 4 rings (SSSR count). The van der Waals surface area contributed by atoms with Gasteiger partial charge in [0.25, 0.3) is 5.91 Å². The maximum Gasteiger partial charge on any atom is 0.317 e. The Morgan fingerprint density at radius 2 is 2.13 bits per heavy atom. The quantitative estimate of drug-likeness (QED) is 0.920. The average molecular weight is 329 g/mol. The second-order valence-corrected chi connectivity index (χ2v) is 7.20. The van der Waals surface area contributed by atoms with Gasteiger partial charge in [-0.05, 0) is 30.4 Å². The van der Waals surface area contributed by atoms with E-state index in [1.807, 2.05) is 40.1 Å². The third-order valence-corrected chi connectivity index (χ3v) is 5.75. The molecule has 5 nitrogen and oxygen atoms in total. The standard InChI is InChI=1S/C17H19N3O2S/c21-16(15-10-12-4-1-2-6-14(12)23-15)19-8-3-5-13(11-19)20-9-7-18-17(20)22/h1-2,4,6,10,13H,3,5,7-9,11H2,(H,18,22)/t13-/m1/s1. The van der Waals surface area contributed by atoms with Crippen molar-refractivity contribution in [2.75, 3.05) is 26.2 Å². The van der Waals surface area contributed by atoms with Gasteiger partial charge in [-0.2, -0.15) is 0 Å². The zero-order valence-corrected chi connectivity index (χ0v) is 13.6. The minimum atomic E-state index is 0.00570. The van der Waals surface area contributed by atoms with E-state index >= 15 is 0 Å². The second-order valence-electron chi connectivity index (χ2n) is 6.12. The molecule has 1 aromatic carbocycles. The Kier molecular flexibility index (Phi) is 3.69. The van der Waals surface area contributed by atoms with Crippen LogP contribution in [-0.4, -0.2) is 54.0 Å². The molecule has 0 saturated carbocycles. The lowest BCUT2D eigenvalue weighted by Gasteiger charge is -2.36. The van der Waals surface area contributed by atoms with Crippen LogP contribution in [-0.2, 0) is 0 Å². The highest BCUT2D eigenvalue weighted by atomic mass is 32.1. The monoisotopic (exact) mass is 329 g/mol. The summed E-state index contributed by atoms with van der Waals surface area (Å²) in [6.45, 7) is 2.87. The highest BCUT2D eigenvalue weighted by Gasteiger charge is 2.33. The lowest BCUT2D eigenvalue weighted by molar-refractivity contribution is 0.0639. The Morgan fingerprint density at radius 3 is 2.91 bits per heavy atom. The molecule has 2 fully saturated rings. The predicted octanol–water partition coefficient (Wildman–Crippen LogP) is 2.53. The number of urea groups is 1. The Labute approximate surface area is 138 Å². The van der Waals surface area contributed by atoms with Crippen molar-refractivity contribution < 1.29 is 9.59 Å². The normalized spacial score (nSPS) is 21.7. The largest absolute Gasteiger partial charge is 0.336 e. The summed E-state index contributed by atoms with van der Waals surface area (Å²) in [6.07, 6.45) is 1.93. The number of nitrogens with one attached hydrogen (secondary N) is 1. The molecule has 0 bridgehead atoms. The number of carbonyl (C=O) groups is 2. The molecule has 1 atom stereocenters. The van der Waals surface area contributed by atoms with Crippen molar-refractivity contribution >= 4 is 33.4 Å². The zero-order chi connectivity index (χ0) is 15.8. The van der Waals surface area contributed by atoms with Crippen LogP contribution >= 0.6 is 11.3 Å². The Bertz CT molecular complexity index is 724. The minimum Gasteiger partial charge on any atom is -0.336 e. The molecule has 1 N–H and O–H groups in total. The van der Waals surface area contributed by atoms with Crippen LogP contribution in [0, 0.1) is 0 Å². The number of carbonyl (C=O) groups excluding carboxylic acids is 2. The molecule has 0 aliphatic carbocycles. The predicted molar refractivity (Wildman–Crippen MR) is 90.9 cm³/mol. The minimum absolute atomic E-state index is 0.00570. The van der Waals surface area contributed by atoms with E-state index in [1.54, 1.807) is 11.3 Å². The Hall–Kier alpha value is -2.08. The fourth-order valence-electron chi connectivity index (χ4n) is 3.47. The highest BCUT2D eigenvalue weighted by Crippen LogP contribution is 2.27. The molecule has 2 aromatic rings. The van der Waals surface area contributed by atoms with Gasteiger partial charge in [-0.3, -0.25) is 4.79 Å². The van der Waals surface area contributed by atoms with Crippen LogP contribution in [0.1, 0.15) is 22.5 Å². The lowest BCUT2D eigenvalue weighted by Crippen LogP contribution is -2.50. The summed E-state index contributed by atoms with van der Waals surface area (Å²) < 4.78 is 1.14. The molecule has 2 aliphatic rings. The number of amides is 3. The molecular weight excluding hydrogens is 310 g/mol. The molecule has 2 saturated heterocycles. The van der Waals surface area contributed by atoms with Gasteiger partial charge < -0.3 is 15.1 Å². The zero-order valence-electron chi connectivity index (χ0n) is 12.8. The van der Waals surface area contributed by atoms with Crippen LogP contribution in [0.5, 0.6) is 0 Å². The molecule has 0 unspecified atom stereocenters. The van der Waals surface area contributed by atoms with E-state index in [-0.39, 0.29) is 18.0 Å². The molecule has 0 spiro atoms. The van der Waals surface area contributed by atoms with Gasteiger partial charge in [-0.15, -0.1) is 11.3 Å². The van der Waals surface area contributed by atoms with Crippen molar-refractivity contribution in [2.45, 2.75) is 18.9 Å².